The zero-order valence-electron chi connectivity index (χ0n) is 30.0. The first-order valence-corrected chi connectivity index (χ1v) is 17.9. The van der Waals surface area contributed by atoms with Gasteiger partial charge < -0.3 is 56.8 Å². The fourth-order valence-corrected chi connectivity index (χ4v) is 3.98. The molecule has 1 rings (SSSR count). The van der Waals surface area contributed by atoms with E-state index in [2.05, 4.69) is 6.92 Å². The summed E-state index contributed by atoms with van der Waals surface area (Å²) < 4.78 is 65.4. The van der Waals surface area contributed by atoms with Crippen molar-refractivity contribution >= 4 is 5.97 Å². The van der Waals surface area contributed by atoms with Crippen LogP contribution in [0.5, 0.6) is 5.75 Å². The van der Waals surface area contributed by atoms with Crippen LogP contribution in [0.1, 0.15) is 45.4 Å². The van der Waals surface area contributed by atoms with Crippen LogP contribution >= 0.6 is 0 Å². The quantitative estimate of drug-likeness (QED) is 0.0718. The zero-order valence-corrected chi connectivity index (χ0v) is 30.0. The minimum atomic E-state index is -0.148. The Morgan fingerprint density at radius 1 is 0.408 bits per heavy atom. The number of ether oxygens (including phenoxy) is 12. The highest BCUT2D eigenvalue weighted by atomic mass is 16.6. The smallest absolute Gasteiger partial charge is 0.305 e. The number of unbranched alkanes of at least 4 members (excludes halogenated alkanes) is 4. The van der Waals surface area contributed by atoms with Crippen LogP contribution in [-0.2, 0) is 56.9 Å². The van der Waals surface area contributed by atoms with Crippen LogP contribution in [0, 0.1) is 0 Å². The van der Waals surface area contributed by atoms with Gasteiger partial charge in [0.1, 0.15) is 19.0 Å². The van der Waals surface area contributed by atoms with Gasteiger partial charge in [-0.3, -0.25) is 4.79 Å². The van der Waals surface area contributed by atoms with Gasteiger partial charge in [-0.05, 0) is 18.6 Å². The molecule has 0 amide bonds. The molecule has 0 aliphatic heterocycles. The van der Waals surface area contributed by atoms with Gasteiger partial charge in [-0.15, -0.1) is 0 Å². The molecular weight excluding hydrogens is 640 g/mol. The Morgan fingerprint density at radius 3 is 1.10 bits per heavy atom. The first-order valence-electron chi connectivity index (χ1n) is 17.9. The molecule has 0 saturated heterocycles. The second-order valence-electron chi connectivity index (χ2n) is 10.7. The van der Waals surface area contributed by atoms with Crippen LogP contribution in [0.25, 0.3) is 0 Å². The predicted octanol–water partition coefficient (Wildman–Crippen LogP) is 4.14. The highest BCUT2D eigenvalue weighted by Gasteiger charge is 2.02. The van der Waals surface area contributed by atoms with E-state index >= 15 is 0 Å². The number of hydrogen-bond donors (Lipinski definition) is 0. The summed E-state index contributed by atoms with van der Waals surface area (Å²) in [5.41, 5.74) is 0. The van der Waals surface area contributed by atoms with Gasteiger partial charge in [-0.25, -0.2) is 0 Å². The van der Waals surface area contributed by atoms with E-state index < -0.39 is 0 Å². The van der Waals surface area contributed by atoms with Crippen molar-refractivity contribution < 1.29 is 61.6 Å². The highest BCUT2D eigenvalue weighted by molar-refractivity contribution is 5.69. The first-order chi connectivity index (χ1) is 24.3. The van der Waals surface area contributed by atoms with Crippen LogP contribution in [0.4, 0.5) is 0 Å². The fraction of sp³-hybridized carbons (Fsp3) is 0.806. The van der Waals surface area contributed by atoms with Crippen molar-refractivity contribution in [2.45, 2.75) is 45.4 Å². The molecule has 0 aliphatic rings. The van der Waals surface area contributed by atoms with Crippen molar-refractivity contribution in [2.24, 2.45) is 0 Å². The maximum Gasteiger partial charge on any atom is 0.305 e. The first kappa shape index (κ1) is 45.1. The Labute approximate surface area is 294 Å². The second kappa shape index (κ2) is 38.9. The van der Waals surface area contributed by atoms with Crippen LogP contribution < -0.4 is 4.74 Å². The Kier molecular flexibility index (Phi) is 35.8. The van der Waals surface area contributed by atoms with Crippen LogP contribution in [0.3, 0.4) is 0 Å². The predicted molar refractivity (Wildman–Crippen MR) is 184 cm³/mol. The SMILES string of the molecule is CCCCCCCC(=O)OCCOCCOCCOCCOCCOCCOCCOCCOCCOCCOCCOc1ccccc1. The van der Waals surface area contributed by atoms with Gasteiger partial charge in [0.25, 0.3) is 0 Å². The summed E-state index contributed by atoms with van der Waals surface area (Å²) >= 11 is 0. The monoisotopic (exact) mass is 704 g/mol. The van der Waals surface area contributed by atoms with Crippen LogP contribution in [0.2, 0.25) is 0 Å². The molecule has 0 heterocycles. The van der Waals surface area contributed by atoms with E-state index in [1.165, 1.54) is 19.3 Å². The average molecular weight is 705 g/mol. The normalized spacial score (nSPS) is 11.3. The standard InChI is InChI=1S/C36H64O13/c1-2-3-4-5-9-12-36(37)49-34-32-47-30-28-45-26-24-43-22-20-41-18-16-39-14-13-38-15-17-40-19-21-42-23-25-44-27-29-46-31-33-48-35-10-7-6-8-11-35/h6-8,10-11H,2-5,9,12-34H2,1H3. The molecule has 1 aromatic carbocycles. The Morgan fingerprint density at radius 2 is 0.735 bits per heavy atom. The van der Waals surface area contributed by atoms with E-state index in [9.17, 15) is 4.79 Å². The molecule has 0 aromatic heterocycles. The maximum absolute atomic E-state index is 11.6. The molecule has 13 nitrogen and oxygen atoms in total. The fourth-order valence-electron chi connectivity index (χ4n) is 3.98. The lowest BCUT2D eigenvalue weighted by atomic mass is 10.1. The summed E-state index contributed by atoms with van der Waals surface area (Å²) in [5.74, 6) is 0.694. The minimum Gasteiger partial charge on any atom is -0.491 e. The molecular formula is C36H64O13. The number of benzene rings is 1. The number of para-hydroxylation sites is 1. The molecule has 13 heteroatoms. The number of carbonyl (C=O) groups excluding carboxylic acids is 1. The molecule has 0 N–H and O–H groups in total. The lowest BCUT2D eigenvalue weighted by Crippen LogP contribution is -2.15. The summed E-state index contributed by atoms with van der Waals surface area (Å²) in [7, 11) is 0. The Balaban J connectivity index is 1.62. The van der Waals surface area contributed by atoms with E-state index in [4.69, 9.17) is 56.8 Å². The molecule has 0 saturated carbocycles. The number of esters is 1. The number of carbonyl (C=O) groups is 1. The van der Waals surface area contributed by atoms with Gasteiger partial charge in [-0.2, -0.15) is 0 Å². The summed E-state index contributed by atoms with van der Waals surface area (Å²) in [5, 5.41) is 0. The molecule has 0 bridgehead atoms. The number of rotatable bonds is 40. The highest BCUT2D eigenvalue weighted by Crippen LogP contribution is 2.07. The Bertz CT molecular complexity index is 787. The van der Waals surface area contributed by atoms with E-state index in [0.29, 0.717) is 145 Å². The Hall–Kier alpha value is -1.91. The number of hydrogen-bond acceptors (Lipinski definition) is 13. The molecule has 286 valence electrons. The largest absolute Gasteiger partial charge is 0.491 e. The molecule has 49 heavy (non-hydrogen) atoms. The van der Waals surface area contributed by atoms with E-state index in [1.807, 2.05) is 30.3 Å². The minimum absolute atomic E-state index is 0.148. The molecule has 0 aliphatic carbocycles. The molecule has 0 unspecified atom stereocenters. The topological polar surface area (TPSA) is 128 Å². The van der Waals surface area contributed by atoms with Crippen molar-refractivity contribution in [1.29, 1.82) is 0 Å². The van der Waals surface area contributed by atoms with E-state index in [-0.39, 0.29) is 12.6 Å². The van der Waals surface area contributed by atoms with Gasteiger partial charge in [0.2, 0.25) is 0 Å². The van der Waals surface area contributed by atoms with Crippen molar-refractivity contribution in [3.05, 3.63) is 30.3 Å². The van der Waals surface area contributed by atoms with Crippen molar-refractivity contribution in [2.75, 3.05) is 145 Å². The van der Waals surface area contributed by atoms with Gasteiger partial charge in [0.15, 0.2) is 0 Å². The van der Waals surface area contributed by atoms with Crippen LogP contribution in [-0.4, -0.2) is 151 Å². The summed E-state index contributed by atoms with van der Waals surface area (Å²) in [4.78, 5) is 11.6. The van der Waals surface area contributed by atoms with E-state index in [1.54, 1.807) is 0 Å². The molecule has 0 fully saturated rings. The third-order valence-corrected chi connectivity index (χ3v) is 6.56. The van der Waals surface area contributed by atoms with Gasteiger partial charge in [-0.1, -0.05) is 50.8 Å². The van der Waals surface area contributed by atoms with Gasteiger partial charge in [0, 0.05) is 6.42 Å². The zero-order chi connectivity index (χ0) is 35.0. The maximum atomic E-state index is 11.6. The molecule has 0 radical (unpaired) electrons. The molecule has 1 aromatic rings. The molecule has 0 spiro atoms. The third-order valence-electron chi connectivity index (χ3n) is 6.56. The van der Waals surface area contributed by atoms with Crippen molar-refractivity contribution in [1.82, 2.24) is 0 Å². The third kappa shape index (κ3) is 35.7. The van der Waals surface area contributed by atoms with Crippen molar-refractivity contribution in [3.8, 4) is 5.75 Å². The summed E-state index contributed by atoms with van der Waals surface area (Å²) in [6.45, 7) is 12.9. The van der Waals surface area contributed by atoms with Crippen LogP contribution in [0.15, 0.2) is 30.3 Å². The lowest BCUT2D eigenvalue weighted by molar-refractivity contribution is -0.145. The average Bonchev–Trinajstić information content (AvgIpc) is 3.12. The molecule has 0 atom stereocenters. The van der Waals surface area contributed by atoms with Crippen molar-refractivity contribution in [3.63, 3.8) is 0 Å². The summed E-state index contributed by atoms with van der Waals surface area (Å²) in [6, 6.07) is 9.67. The summed E-state index contributed by atoms with van der Waals surface area (Å²) in [6.07, 6.45) is 6.07. The van der Waals surface area contributed by atoms with Gasteiger partial charge in [0.05, 0.1) is 132 Å². The van der Waals surface area contributed by atoms with Gasteiger partial charge >= 0.3 is 5.97 Å². The second-order valence-corrected chi connectivity index (χ2v) is 10.7. The van der Waals surface area contributed by atoms with E-state index in [0.717, 1.165) is 18.6 Å². The lowest BCUT2D eigenvalue weighted by Gasteiger charge is -2.09.